The van der Waals surface area contributed by atoms with Gasteiger partial charge >= 0.3 is 0 Å². The van der Waals surface area contributed by atoms with Crippen LogP contribution in [0.4, 0.5) is 0 Å². The third-order valence-corrected chi connectivity index (χ3v) is 3.57. The van der Waals surface area contributed by atoms with Crippen molar-refractivity contribution in [3.05, 3.63) is 0 Å². The summed E-state index contributed by atoms with van der Waals surface area (Å²) in [5.41, 5.74) is -0.0508. The minimum Gasteiger partial charge on any atom is -0.375 e. The molecule has 88 valence electrons. The van der Waals surface area contributed by atoms with Crippen molar-refractivity contribution in [2.75, 3.05) is 6.61 Å². The summed E-state index contributed by atoms with van der Waals surface area (Å²) < 4.78 is 5.75. The minimum atomic E-state index is -0.0508. The highest BCUT2D eigenvalue weighted by molar-refractivity contribution is 5.81. The van der Waals surface area contributed by atoms with Crippen molar-refractivity contribution in [1.82, 2.24) is 0 Å². The standard InChI is InChI=1S/C13H24O2/c1-4-6-7-12(14)11-8-9-15-13(3,5-2)10-11/h11H,4-10H2,1-3H3/t11-,13+/m0/s1. The minimum absolute atomic E-state index is 0.0508. The van der Waals surface area contributed by atoms with Gasteiger partial charge in [-0.25, -0.2) is 0 Å². The van der Waals surface area contributed by atoms with Crippen molar-refractivity contribution >= 4 is 5.78 Å². The Morgan fingerprint density at radius 1 is 1.47 bits per heavy atom. The molecule has 15 heavy (non-hydrogen) atoms. The van der Waals surface area contributed by atoms with E-state index < -0.39 is 0 Å². The Morgan fingerprint density at radius 3 is 2.80 bits per heavy atom. The summed E-state index contributed by atoms with van der Waals surface area (Å²) in [5, 5.41) is 0. The summed E-state index contributed by atoms with van der Waals surface area (Å²) in [6.45, 7) is 7.16. The predicted molar refractivity (Wildman–Crippen MR) is 61.9 cm³/mol. The van der Waals surface area contributed by atoms with E-state index in [0.717, 1.165) is 45.1 Å². The lowest BCUT2D eigenvalue weighted by Gasteiger charge is -2.37. The molecule has 0 aromatic heterocycles. The van der Waals surface area contributed by atoms with Crippen LogP contribution in [0.1, 0.15) is 59.3 Å². The molecule has 0 saturated carbocycles. The molecule has 0 N–H and O–H groups in total. The van der Waals surface area contributed by atoms with E-state index >= 15 is 0 Å². The summed E-state index contributed by atoms with van der Waals surface area (Å²) in [4.78, 5) is 11.9. The molecule has 0 radical (unpaired) electrons. The lowest BCUT2D eigenvalue weighted by Crippen LogP contribution is -2.39. The molecule has 0 bridgehead atoms. The number of hydrogen-bond acceptors (Lipinski definition) is 2. The number of carbonyl (C=O) groups excluding carboxylic acids is 1. The van der Waals surface area contributed by atoms with E-state index in [1.54, 1.807) is 0 Å². The maximum Gasteiger partial charge on any atom is 0.136 e. The van der Waals surface area contributed by atoms with Gasteiger partial charge < -0.3 is 4.74 Å². The van der Waals surface area contributed by atoms with Gasteiger partial charge in [0.05, 0.1) is 5.60 Å². The molecular weight excluding hydrogens is 188 g/mol. The SMILES string of the molecule is CCCCC(=O)[C@H]1CCO[C@](C)(CC)C1. The number of ketones is 1. The van der Waals surface area contributed by atoms with Crippen LogP contribution in [0.3, 0.4) is 0 Å². The van der Waals surface area contributed by atoms with Gasteiger partial charge in [-0.1, -0.05) is 20.3 Å². The Kier molecular flexibility index (Phi) is 4.78. The van der Waals surface area contributed by atoms with Crippen molar-refractivity contribution in [1.29, 1.82) is 0 Å². The van der Waals surface area contributed by atoms with Crippen molar-refractivity contribution < 1.29 is 9.53 Å². The predicted octanol–water partition coefficient (Wildman–Crippen LogP) is 3.34. The number of Topliss-reactive ketones (excluding diaryl/α,β-unsaturated/α-hetero) is 1. The van der Waals surface area contributed by atoms with Crippen LogP contribution in [0, 0.1) is 5.92 Å². The van der Waals surface area contributed by atoms with Gasteiger partial charge in [-0.15, -0.1) is 0 Å². The molecule has 1 heterocycles. The van der Waals surface area contributed by atoms with Gasteiger partial charge in [0.2, 0.25) is 0 Å². The maximum absolute atomic E-state index is 11.9. The van der Waals surface area contributed by atoms with Crippen molar-refractivity contribution in [2.24, 2.45) is 5.92 Å². The Hall–Kier alpha value is -0.370. The van der Waals surface area contributed by atoms with E-state index in [-0.39, 0.29) is 11.5 Å². The quantitative estimate of drug-likeness (QED) is 0.698. The molecule has 0 amide bonds. The molecule has 1 aliphatic heterocycles. The molecule has 0 aromatic rings. The first kappa shape index (κ1) is 12.7. The molecule has 1 aliphatic rings. The Bertz CT molecular complexity index is 213. The van der Waals surface area contributed by atoms with Gasteiger partial charge in [-0.05, 0) is 32.6 Å². The zero-order valence-corrected chi connectivity index (χ0v) is 10.3. The Morgan fingerprint density at radius 2 is 2.20 bits per heavy atom. The van der Waals surface area contributed by atoms with Crippen LogP contribution in [0.25, 0.3) is 0 Å². The molecule has 2 heteroatoms. The van der Waals surface area contributed by atoms with Crippen LogP contribution < -0.4 is 0 Å². The number of hydrogen-bond donors (Lipinski definition) is 0. The van der Waals surface area contributed by atoms with Gasteiger partial charge in [0.15, 0.2) is 0 Å². The Balaban J connectivity index is 2.45. The average molecular weight is 212 g/mol. The van der Waals surface area contributed by atoms with Gasteiger partial charge in [0, 0.05) is 18.9 Å². The van der Waals surface area contributed by atoms with Crippen LogP contribution in [-0.4, -0.2) is 18.0 Å². The molecule has 0 spiro atoms. The average Bonchev–Trinajstić information content (AvgIpc) is 2.26. The molecule has 1 rings (SSSR count). The first-order valence-electron chi connectivity index (χ1n) is 6.28. The summed E-state index contributed by atoms with van der Waals surface area (Å²) in [5.74, 6) is 0.718. The second-order valence-corrected chi connectivity index (χ2v) is 4.91. The van der Waals surface area contributed by atoms with E-state index in [1.807, 2.05) is 0 Å². The summed E-state index contributed by atoms with van der Waals surface area (Å²) in [6, 6.07) is 0. The molecule has 0 aliphatic carbocycles. The van der Waals surface area contributed by atoms with Gasteiger partial charge in [0.1, 0.15) is 5.78 Å². The fourth-order valence-electron chi connectivity index (χ4n) is 2.21. The van der Waals surface area contributed by atoms with Gasteiger partial charge in [-0.3, -0.25) is 4.79 Å². The molecule has 0 aromatic carbocycles. The first-order valence-corrected chi connectivity index (χ1v) is 6.28. The topological polar surface area (TPSA) is 26.3 Å². The second kappa shape index (κ2) is 5.64. The monoisotopic (exact) mass is 212 g/mol. The van der Waals surface area contributed by atoms with E-state index in [9.17, 15) is 4.79 Å². The lowest BCUT2D eigenvalue weighted by atomic mass is 9.82. The highest BCUT2D eigenvalue weighted by Gasteiger charge is 2.34. The van der Waals surface area contributed by atoms with Crippen LogP contribution in [0.5, 0.6) is 0 Å². The van der Waals surface area contributed by atoms with Crippen LogP contribution >= 0.6 is 0 Å². The summed E-state index contributed by atoms with van der Waals surface area (Å²) in [6.07, 6.45) is 5.77. The zero-order chi connectivity index (χ0) is 11.3. The third kappa shape index (κ3) is 3.60. The second-order valence-electron chi connectivity index (χ2n) is 4.91. The van der Waals surface area contributed by atoms with Crippen LogP contribution in [-0.2, 0) is 9.53 Å². The molecule has 1 fully saturated rings. The van der Waals surface area contributed by atoms with Gasteiger partial charge in [0.25, 0.3) is 0 Å². The van der Waals surface area contributed by atoms with E-state index in [1.165, 1.54) is 0 Å². The highest BCUT2D eigenvalue weighted by Crippen LogP contribution is 2.32. The number of unbranched alkanes of at least 4 members (excludes halogenated alkanes) is 1. The maximum atomic E-state index is 11.9. The van der Waals surface area contributed by atoms with Gasteiger partial charge in [-0.2, -0.15) is 0 Å². The molecule has 1 saturated heterocycles. The summed E-state index contributed by atoms with van der Waals surface area (Å²) in [7, 11) is 0. The molecular formula is C13H24O2. The molecule has 0 unspecified atom stereocenters. The fourth-order valence-corrected chi connectivity index (χ4v) is 2.21. The van der Waals surface area contributed by atoms with Crippen molar-refractivity contribution in [2.45, 2.75) is 64.9 Å². The lowest BCUT2D eigenvalue weighted by molar-refractivity contribution is -0.135. The molecule has 2 nitrogen and oxygen atoms in total. The van der Waals surface area contributed by atoms with E-state index in [0.29, 0.717) is 5.78 Å². The smallest absolute Gasteiger partial charge is 0.136 e. The molecule has 2 atom stereocenters. The van der Waals surface area contributed by atoms with Crippen LogP contribution in [0.15, 0.2) is 0 Å². The fraction of sp³-hybridized carbons (Fsp3) is 0.923. The van der Waals surface area contributed by atoms with Crippen molar-refractivity contribution in [3.8, 4) is 0 Å². The third-order valence-electron chi connectivity index (χ3n) is 3.57. The Labute approximate surface area is 93.4 Å². The largest absolute Gasteiger partial charge is 0.375 e. The number of rotatable bonds is 5. The first-order chi connectivity index (χ1) is 7.11. The summed E-state index contributed by atoms with van der Waals surface area (Å²) >= 11 is 0. The highest BCUT2D eigenvalue weighted by atomic mass is 16.5. The number of carbonyl (C=O) groups is 1. The van der Waals surface area contributed by atoms with E-state index in [4.69, 9.17) is 4.74 Å². The zero-order valence-electron chi connectivity index (χ0n) is 10.3. The van der Waals surface area contributed by atoms with Crippen LogP contribution in [0.2, 0.25) is 0 Å². The number of ether oxygens (including phenoxy) is 1. The van der Waals surface area contributed by atoms with E-state index in [2.05, 4.69) is 20.8 Å². The van der Waals surface area contributed by atoms with Crippen molar-refractivity contribution in [3.63, 3.8) is 0 Å². The normalized spacial score (nSPS) is 31.5.